The van der Waals surface area contributed by atoms with E-state index in [1.54, 1.807) is 0 Å². The van der Waals surface area contributed by atoms with E-state index in [9.17, 15) is 0 Å². The molecule has 110 valence electrons. The lowest BCUT2D eigenvalue weighted by molar-refractivity contribution is 0.303. The molecule has 1 saturated heterocycles. The van der Waals surface area contributed by atoms with Crippen molar-refractivity contribution >= 4 is 0 Å². The van der Waals surface area contributed by atoms with Crippen molar-refractivity contribution in [3.8, 4) is 0 Å². The standard InChI is InChI=1S/C18H28N2/c1-2-10-19-11-15-6-8-16(9-7-15)12-20-13-17-4-3-5-18(17)14-20/h6-9,17-19H,2-5,10-14H2,1H3. The van der Waals surface area contributed by atoms with Crippen LogP contribution in [0.25, 0.3) is 0 Å². The van der Waals surface area contributed by atoms with Gasteiger partial charge in [-0.05, 0) is 48.8 Å². The van der Waals surface area contributed by atoms with E-state index in [2.05, 4.69) is 41.4 Å². The van der Waals surface area contributed by atoms with Crippen LogP contribution in [0.2, 0.25) is 0 Å². The van der Waals surface area contributed by atoms with Crippen LogP contribution in [0.4, 0.5) is 0 Å². The molecule has 0 radical (unpaired) electrons. The molecule has 0 amide bonds. The van der Waals surface area contributed by atoms with E-state index < -0.39 is 0 Å². The summed E-state index contributed by atoms with van der Waals surface area (Å²) in [5.74, 6) is 2.01. The van der Waals surface area contributed by atoms with Gasteiger partial charge in [-0.25, -0.2) is 0 Å². The van der Waals surface area contributed by atoms with Crippen molar-refractivity contribution in [3.63, 3.8) is 0 Å². The van der Waals surface area contributed by atoms with Crippen molar-refractivity contribution < 1.29 is 0 Å². The van der Waals surface area contributed by atoms with Crippen LogP contribution < -0.4 is 5.32 Å². The molecule has 1 aromatic rings. The Morgan fingerprint density at radius 3 is 2.35 bits per heavy atom. The summed E-state index contributed by atoms with van der Waals surface area (Å²) in [5, 5.41) is 3.46. The van der Waals surface area contributed by atoms with Gasteiger partial charge in [0.05, 0.1) is 0 Å². The fourth-order valence-electron chi connectivity index (χ4n) is 3.89. The molecule has 1 aliphatic carbocycles. The average molecular weight is 272 g/mol. The van der Waals surface area contributed by atoms with Crippen LogP contribution >= 0.6 is 0 Å². The second-order valence-electron chi connectivity index (χ2n) is 6.64. The number of nitrogens with one attached hydrogen (secondary N) is 1. The number of rotatable bonds is 6. The van der Waals surface area contributed by atoms with Crippen molar-refractivity contribution in [2.75, 3.05) is 19.6 Å². The zero-order valence-electron chi connectivity index (χ0n) is 12.8. The Labute approximate surface area is 123 Å². The molecular formula is C18H28N2. The first-order chi connectivity index (χ1) is 9.85. The predicted molar refractivity (Wildman–Crippen MR) is 84.5 cm³/mol. The summed E-state index contributed by atoms with van der Waals surface area (Å²) in [7, 11) is 0. The van der Waals surface area contributed by atoms with Crippen LogP contribution in [0.3, 0.4) is 0 Å². The van der Waals surface area contributed by atoms with Crippen LogP contribution in [-0.4, -0.2) is 24.5 Å². The average Bonchev–Trinajstić information content (AvgIpc) is 3.02. The van der Waals surface area contributed by atoms with Gasteiger partial charge in [0.2, 0.25) is 0 Å². The molecule has 1 aliphatic heterocycles. The molecule has 2 nitrogen and oxygen atoms in total. The smallest absolute Gasteiger partial charge is 0.0233 e. The monoisotopic (exact) mass is 272 g/mol. The third kappa shape index (κ3) is 3.42. The van der Waals surface area contributed by atoms with Gasteiger partial charge in [-0.15, -0.1) is 0 Å². The van der Waals surface area contributed by atoms with Crippen LogP contribution in [0, 0.1) is 11.8 Å². The second-order valence-corrected chi connectivity index (χ2v) is 6.64. The van der Waals surface area contributed by atoms with Gasteiger partial charge in [0, 0.05) is 26.2 Å². The molecular weight excluding hydrogens is 244 g/mol. The number of hydrogen-bond donors (Lipinski definition) is 1. The lowest BCUT2D eigenvalue weighted by Crippen LogP contribution is -2.21. The van der Waals surface area contributed by atoms with Crippen molar-refractivity contribution in [2.45, 2.75) is 45.7 Å². The minimum Gasteiger partial charge on any atom is -0.313 e. The van der Waals surface area contributed by atoms with Crippen molar-refractivity contribution in [1.82, 2.24) is 10.2 Å². The van der Waals surface area contributed by atoms with Gasteiger partial charge in [0.1, 0.15) is 0 Å². The molecule has 1 heterocycles. The minimum atomic E-state index is 1.00. The first kappa shape index (κ1) is 14.1. The third-order valence-electron chi connectivity index (χ3n) is 4.99. The summed E-state index contributed by atoms with van der Waals surface area (Å²) in [6.45, 7) is 8.15. The number of hydrogen-bond acceptors (Lipinski definition) is 2. The highest BCUT2D eigenvalue weighted by Gasteiger charge is 2.35. The van der Waals surface area contributed by atoms with Gasteiger partial charge in [-0.3, -0.25) is 4.90 Å². The molecule has 2 heteroatoms. The van der Waals surface area contributed by atoms with Crippen LogP contribution in [-0.2, 0) is 13.1 Å². The Morgan fingerprint density at radius 1 is 1.05 bits per heavy atom. The summed E-state index contributed by atoms with van der Waals surface area (Å²) >= 11 is 0. The lowest BCUT2D eigenvalue weighted by Gasteiger charge is -2.17. The summed E-state index contributed by atoms with van der Waals surface area (Å²) in [5.41, 5.74) is 2.88. The maximum atomic E-state index is 3.46. The topological polar surface area (TPSA) is 15.3 Å². The molecule has 0 aromatic heterocycles. The summed E-state index contributed by atoms with van der Waals surface area (Å²) in [6, 6.07) is 9.21. The Morgan fingerprint density at radius 2 is 1.70 bits per heavy atom. The van der Waals surface area contributed by atoms with Crippen molar-refractivity contribution in [1.29, 1.82) is 0 Å². The molecule has 20 heavy (non-hydrogen) atoms. The van der Waals surface area contributed by atoms with Crippen LogP contribution in [0.1, 0.15) is 43.7 Å². The highest BCUT2D eigenvalue weighted by atomic mass is 15.2. The number of likely N-dealkylation sites (tertiary alicyclic amines) is 1. The zero-order valence-corrected chi connectivity index (χ0v) is 12.8. The molecule has 1 aromatic carbocycles. The van der Waals surface area contributed by atoms with E-state index in [-0.39, 0.29) is 0 Å². The Balaban J connectivity index is 1.48. The second kappa shape index (κ2) is 6.73. The molecule has 2 atom stereocenters. The van der Waals surface area contributed by atoms with Gasteiger partial charge in [0.25, 0.3) is 0 Å². The Bertz CT molecular complexity index is 400. The first-order valence-corrected chi connectivity index (χ1v) is 8.36. The third-order valence-corrected chi connectivity index (χ3v) is 4.99. The first-order valence-electron chi connectivity index (χ1n) is 8.36. The Hall–Kier alpha value is -0.860. The Kier molecular flexibility index (Phi) is 4.74. The maximum absolute atomic E-state index is 3.46. The van der Waals surface area contributed by atoms with E-state index in [1.165, 1.54) is 49.9 Å². The van der Waals surface area contributed by atoms with Gasteiger partial charge in [0.15, 0.2) is 0 Å². The van der Waals surface area contributed by atoms with Crippen molar-refractivity contribution in [2.24, 2.45) is 11.8 Å². The highest BCUT2D eigenvalue weighted by Crippen LogP contribution is 2.38. The summed E-state index contributed by atoms with van der Waals surface area (Å²) in [6.07, 6.45) is 5.63. The van der Waals surface area contributed by atoms with Crippen molar-refractivity contribution in [3.05, 3.63) is 35.4 Å². The SMILES string of the molecule is CCCNCc1ccc(CN2CC3CCCC3C2)cc1. The fourth-order valence-corrected chi connectivity index (χ4v) is 3.89. The lowest BCUT2D eigenvalue weighted by atomic mass is 10.0. The molecule has 1 N–H and O–H groups in total. The van der Waals surface area contributed by atoms with E-state index in [0.29, 0.717) is 0 Å². The zero-order chi connectivity index (χ0) is 13.8. The van der Waals surface area contributed by atoms with Crippen LogP contribution in [0.5, 0.6) is 0 Å². The molecule has 0 bridgehead atoms. The van der Waals surface area contributed by atoms with E-state index in [4.69, 9.17) is 0 Å². The molecule has 1 saturated carbocycles. The van der Waals surface area contributed by atoms with Crippen LogP contribution in [0.15, 0.2) is 24.3 Å². The van der Waals surface area contributed by atoms with Gasteiger partial charge >= 0.3 is 0 Å². The largest absolute Gasteiger partial charge is 0.313 e. The number of benzene rings is 1. The molecule has 0 spiro atoms. The molecule has 2 unspecified atom stereocenters. The highest BCUT2D eigenvalue weighted by molar-refractivity contribution is 5.22. The maximum Gasteiger partial charge on any atom is 0.0233 e. The van der Waals surface area contributed by atoms with E-state index >= 15 is 0 Å². The predicted octanol–water partition coefficient (Wildman–Crippen LogP) is 3.42. The fraction of sp³-hybridized carbons (Fsp3) is 0.667. The quantitative estimate of drug-likeness (QED) is 0.798. The van der Waals surface area contributed by atoms with E-state index in [0.717, 1.165) is 31.5 Å². The van der Waals surface area contributed by atoms with Gasteiger partial charge in [-0.2, -0.15) is 0 Å². The van der Waals surface area contributed by atoms with E-state index in [1.807, 2.05) is 0 Å². The molecule has 3 rings (SSSR count). The van der Waals surface area contributed by atoms with Gasteiger partial charge in [-0.1, -0.05) is 37.6 Å². The summed E-state index contributed by atoms with van der Waals surface area (Å²) in [4.78, 5) is 2.67. The normalized spacial score (nSPS) is 26.1. The molecule has 2 fully saturated rings. The van der Waals surface area contributed by atoms with Gasteiger partial charge < -0.3 is 5.32 Å². The number of nitrogens with zero attached hydrogens (tertiary/aromatic N) is 1. The summed E-state index contributed by atoms with van der Waals surface area (Å²) < 4.78 is 0. The minimum absolute atomic E-state index is 1.00. The number of fused-ring (bicyclic) bond motifs is 1. The molecule has 2 aliphatic rings.